The highest BCUT2D eigenvalue weighted by Crippen LogP contribution is 2.34. The summed E-state index contributed by atoms with van der Waals surface area (Å²) >= 11 is 0. The Kier molecular flexibility index (Phi) is 6.64. The quantitative estimate of drug-likeness (QED) is 0.344. The first-order valence-electron chi connectivity index (χ1n) is 9.55. The van der Waals surface area contributed by atoms with E-state index in [4.69, 9.17) is 5.11 Å². The molecule has 0 aliphatic heterocycles. The van der Waals surface area contributed by atoms with Gasteiger partial charge in [0.25, 0.3) is 0 Å². The molecule has 0 fully saturated rings. The van der Waals surface area contributed by atoms with Crippen molar-refractivity contribution in [2.75, 3.05) is 4.90 Å². The fourth-order valence-electron chi connectivity index (χ4n) is 3.19. The van der Waals surface area contributed by atoms with Crippen molar-refractivity contribution in [3.8, 4) is 0 Å². The van der Waals surface area contributed by atoms with E-state index in [2.05, 4.69) is 60.0 Å². The molecule has 3 aromatic rings. The molecule has 0 unspecified atom stereocenters. The number of carbonyl (C=O) groups is 1. The number of rotatable bonds is 9. The molecule has 3 aromatic carbocycles. The average Bonchev–Trinajstić information content (AvgIpc) is 2.74. The summed E-state index contributed by atoms with van der Waals surface area (Å²) in [4.78, 5) is 13.0. The van der Waals surface area contributed by atoms with E-state index in [1.165, 1.54) is 5.56 Å². The highest BCUT2D eigenvalue weighted by Gasteiger charge is 2.11. The van der Waals surface area contributed by atoms with Gasteiger partial charge in [0.05, 0.1) is 0 Å². The Labute approximate surface area is 166 Å². The van der Waals surface area contributed by atoms with E-state index in [0.717, 1.165) is 36.3 Å². The molecule has 0 aliphatic rings. The van der Waals surface area contributed by atoms with E-state index in [9.17, 15) is 4.79 Å². The molecule has 0 spiro atoms. The van der Waals surface area contributed by atoms with Crippen LogP contribution in [0.15, 0.2) is 97.1 Å². The van der Waals surface area contributed by atoms with Crippen molar-refractivity contribution >= 4 is 23.0 Å². The SMILES string of the molecule is C=C(CCCCc1ccc(N(c2ccccc2)c2ccccc2)cc1)C(=O)O. The number of unbranched alkanes of at least 4 members (excludes halogenated alkanes) is 1. The second-order valence-corrected chi connectivity index (χ2v) is 6.79. The molecule has 0 amide bonds. The number of para-hydroxylation sites is 2. The monoisotopic (exact) mass is 371 g/mol. The largest absolute Gasteiger partial charge is 0.478 e. The average molecular weight is 371 g/mol. The van der Waals surface area contributed by atoms with Crippen LogP contribution in [0.2, 0.25) is 0 Å². The van der Waals surface area contributed by atoms with E-state index in [0.29, 0.717) is 6.42 Å². The molecule has 0 radical (unpaired) electrons. The molecule has 3 heteroatoms. The third-order valence-electron chi connectivity index (χ3n) is 4.72. The molecule has 0 saturated carbocycles. The molecule has 0 heterocycles. The second-order valence-electron chi connectivity index (χ2n) is 6.79. The molecular formula is C25H25NO2. The summed E-state index contributed by atoms with van der Waals surface area (Å²) in [7, 11) is 0. The van der Waals surface area contributed by atoms with Gasteiger partial charge in [-0.3, -0.25) is 0 Å². The van der Waals surface area contributed by atoms with Crippen LogP contribution < -0.4 is 4.90 Å². The maximum Gasteiger partial charge on any atom is 0.330 e. The van der Waals surface area contributed by atoms with Gasteiger partial charge in [0.2, 0.25) is 0 Å². The van der Waals surface area contributed by atoms with Crippen molar-refractivity contribution in [1.82, 2.24) is 0 Å². The molecule has 0 saturated heterocycles. The van der Waals surface area contributed by atoms with Crippen LogP contribution in [0.4, 0.5) is 17.1 Å². The highest BCUT2D eigenvalue weighted by atomic mass is 16.4. The minimum atomic E-state index is -0.897. The van der Waals surface area contributed by atoms with Crippen LogP contribution in [0.1, 0.15) is 24.8 Å². The second kappa shape index (κ2) is 9.56. The first kappa shape index (κ1) is 19.4. The van der Waals surface area contributed by atoms with Gasteiger partial charge < -0.3 is 10.0 Å². The molecule has 28 heavy (non-hydrogen) atoms. The number of nitrogens with zero attached hydrogens (tertiary/aromatic N) is 1. The Bertz CT molecular complexity index is 863. The molecule has 3 rings (SSSR count). The Morgan fingerprint density at radius 2 is 1.25 bits per heavy atom. The Morgan fingerprint density at radius 3 is 1.75 bits per heavy atom. The fraction of sp³-hybridized carbons (Fsp3) is 0.160. The Morgan fingerprint density at radius 1 is 0.750 bits per heavy atom. The maximum atomic E-state index is 10.8. The van der Waals surface area contributed by atoms with Crippen LogP contribution in [0.5, 0.6) is 0 Å². The van der Waals surface area contributed by atoms with Gasteiger partial charge in [0.1, 0.15) is 0 Å². The molecule has 3 nitrogen and oxygen atoms in total. The summed E-state index contributed by atoms with van der Waals surface area (Å²) in [5.41, 5.74) is 4.89. The normalized spacial score (nSPS) is 10.4. The summed E-state index contributed by atoms with van der Waals surface area (Å²) in [6, 6.07) is 29.3. The van der Waals surface area contributed by atoms with Gasteiger partial charge in [-0.05, 0) is 67.6 Å². The molecule has 0 aromatic heterocycles. The topological polar surface area (TPSA) is 40.5 Å². The third kappa shape index (κ3) is 5.10. The first-order chi connectivity index (χ1) is 13.6. The number of carboxylic acids is 1. The van der Waals surface area contributed by atoms with Gasteiger partial charge in [0.15, 0.2) is 0 Å². The lowest BCUT2D eigenvalue weighted by molar-refractivity contribution is -0.132. The number of aliphatic carboxylic acids is 1. The van der Waals surface area contributed by atoms with E-state index in [-0.39, 0.29) is 5.57 Å². The summed E-state index contributed by atoms with van der Waals surface area (Å²) < 4.78 is 0. The number of anilines is 3. The predicted octanol–water partition coefficient (Wildman–Crippen LogP) is 6.51. The first-order valence-corrected chi connectivity index (χ1v) is 9.55. The van der Waals surface area contributed by atoms with Gasteiger partial charge in [-0.1, -0.05) is 55.1 Å². The molecule has 0 aliphatic carbocycles. The summed E-state index contributed by atoms with van der Waals surface area (Å²) in [5, 5.41) is 8.86. The lowest BCUT2D eigenvalue weighted by Gasteiger charge is -2.25. The number of carboxylic acid groups (broad SMARTS) is 1. The summed E-state index contributed by atoms with van der Waals surface area (Å²) in [6.07, 6.45) is 3.27. The van der Waals surface area contributed by atoms with Gasteiger partial charge in [-0.15, -0.1) is 0 Å². The van der Waals surface area contributed by atoms with Gasteiger partial charge in [-0.25, -0.2) is 4.79 Å². The van der Waals surface area contributed by atoms with Gasteiger partial charge in [0, 0.05) is 22.6 Å². The van der Waals surface area contributed by atoms with Crippen molar-refractivity contribution in [3.05, 3.63) is 103 Å². The van der Waals surface area contributed by atoms with Crippen LogP contribution in [-0.4, -0.2) is 11.1 Å². The predicted molar refractivity (Wildman–Crippen MR) is 115 cm³/mol. The van der Waals surface area contributed by atoms with Crippen molar-refractivity contribution < 1.29 is 9.90 Å². The van der Waals surface area contributed by atoms with Crippen LogP contribution in [0, 0.1) is 0 Å². The van der Waals surface area contributed by atoms with Gasteiger partial charge in [-0.2, -0.15) is 0 Å². The molecule has 142 valence electrons. The zero-order chi connectivity index (χ0) is 19.8. The van der Waals surface area contributed by atoms with E-state index in [1.807, 2.05) is 36.4 Å². The molecule has 0 atom stereocenters. The van der Waals surface area contributed by atoms with Crippen molar-refractivity contribution in [1.29, 1.82) is 0 Å². The highest BCUT2D eigenvalue weighted by molar-refractivity contribution is 5.85. The fourth-order valence-corrected chi connectivity index (χ4v) is 3.19. The zero-order valence-corrected chi connectivity index (χ0v) is 15.9. The minimum Gasteiger partial charge on any atom is -0.478 e. The zero-order valence-electron chi connectivity index (χ0n) is 15.9. The van der Waals surface area contributed by atoms with Crippen molar-refractivity contribution in [2.24, 2.45) is 0 Å². The lowest BCUT2D eigenvalue weighted by atomic mass is 10.0. The minimum absolute atomic E-state index is 0.289. The van der Waals surface area contributed by atoms with Crippen molar-refractivity contribution in [2.45, 2.75) is 25.7 Å². The number of benzene rings is 3. The summed E-state index contributed by atoms with van der Waals surface area (Å²) in [6.45, 7) is 3.58. The lowest BCUT2D eigenvalue weighted by Crippen LogP contribution is -2.09. The Balaban J connectivity index is 1.71. The maximum absolute atomic E-state index is 10.8. The van der Waals surface area contributed by atoms with Crippen LogP contribution in [-0.2, 0) is 11.2 Å². The number of aryl methyl sites for hydroxylation is 1. The van der Waals surface area contributed by atoms with Crippen LogP contribution >= 0.6 is 0 Å². The van der Waals surface area contributed by atoms with Gasteiger partial charge >= 0.3 is 5.97 Å². The molecule has 1 N–H and O–H groups in total. The van der Waals surface area contributed by atoms with E-state index >= 15 is 0 Å². The number of hydrogen-bond donors (Lipinski definition) is 1. The summed E-state index contributed by atoms with van der Waals surface area (Å²) in [5.74, 6) is -0.897. The van der Waals surface area contributed by atoms with Crippen molar-refractivity contribution in [3.63, 3.8) is 0 Å². The van der Waals surface area contributed by atoms with Crippen LogP contribution in [0.3, 0.4) is 0 Å². The Hall–Kier alpha value is -3.33. The molecule has 0 bridgehead atoms. The molecular weight excluding hydrogens is 346 g/mol. The number of hydrogen-bond acceptors (Lipinski definition) is 2. The third-order valence-corrected chi connectivity index (χ3v) is 4.72. The smallest absolute Gasteiger partial charge is 0.330 e. The van der Waals surface area contributed by atoms with Crippen LogP contribution in [0.25, 0.3) is 0 Å². The van der Waals surface area contributed by atoms with E-state index < -0.39 is 5.97 Å². The van der Waals surface area contributed by atoms with E-state index in [1.54, 1.807) is 0 Å². The standard InChI is InChI=1S/C25H25NO2/c1-20(25(27)28)10-8-9-11-21-16-18-24(19-17-21)26(22-12-4-2-5-13-22)23-14-6-3-7-15-23/h2-7,12-19H,1,8-11H2,(H,27,28).